The van der Waals surface area contributed by atoms with E-state index in [0.29, 0.717) is 22.4 Å². The number of carbonyl (C=O) groups excluding carboxylic acids is 2. The van der Waals surface area contributed by atoms with E-state index in [0.717, 1.165) is 19.4 Å². The lowest BCUT2D eigenvalue weighted by Gasteiger charge is -2.32. The third kappa shape index (κ3) is 3.79. The van der Waals surface area contributed by atoms with Gasteiger partial charge in [-0.15, -0.1) is 0 Å². The summed E-state index contributed by atoms with van der Waals surface area (Å²) in [5.74, 6) is 0.0202. The van der Waals surface area contributed by atoms with Crippen molar-refractivity contribution >= 4 is 39.3 Å². The Morgan fingerprint density at radius 2 is 2.12 bits per heavy atom. The van der Waals surface area contributed by atoms with E-state index in [1.807, 2.05) is 11.0 Å². The van der Waals surface area contributed by atoms with Gasteiger partial charge in [-0.25, -0.2) is 9.97 Å². The van der Waals surface area contributed by atoms with Crippen LogP contribution in [0.1, 0.15) is 28.9 Å². The predicted octanol–water partition coefficient (Wildman–Crippen LogP) is 1.75. The number of ketones is 1. The molecular formula is C17H18BrN5O2. The van der Waals surface area contributed by atoms with E-state index >= 15 is 0 Å². The molecule has 0 saturated carbocycles. The Morgan fingerprint density at radius 1 is 1.32 bits per heavy atom. The van der Waals surface area contributed by atoms with Gasteiger partial charge in [0.25, 0.3) is 0 Å². The second-order valence-electron chi connectivity index (χ2n) is 5.98. The van der Waals surface area contributed by atoms with Crippen molar-refractivity contribution in [1.29, 1.82) is 0 Å². The standard InChI is InChI=1S/C17H18BrN5O2/c18-11-7-12(16(19)21-8-11)15(24)13-4-1-5-14(22-13)23-6-2-3-10(9-23)17(20)25/h1,4-5,7-8,10H,2-3,6,9H2,(H2,19,21)(H2,20,25). The first-order chi connectivity index (χ1) is 12.0. The van der Waals surface area contributed by atoms with Crippen LogP contribution < -0.4 is 16.4 Å². The molecule has 3 rings (SSSR count). The highest BCUT2D eigenvalue weighted by Gasteiger charge is 2.25. The number of rotatable bonds is 4. The van der Waals surface area contributed by atoms with E-state index in [1.165, 1.54) is 6.20 Å². The molecule has 8 heteroatoms. The van der Waals surface area contributed by atoms with Crippen LogP contribution in [0, 0.1) is 5.92 Å². The number of nitrogens with zero attached hydrogens (tertiary/aromatic N) is 3. The molecule has 7 nitrogen and oxygen atoms in total. The molecule has 4 N–H and O–H groups in total. The second-order valence-corrected chi connectivity index (χ2v) is 6.90. The number of aromatic nitrogens is 2. The summed E-state index contributed by atoms with van der Waals surface area (Å²) in [6.07, 6.45) is 3.17. The van der Waals surface area contributed by atoms with Crippen LogP contribution >= 0.6 is 15.9 Å². The van der Waals surface area contributed by atoms with Crippen molar-refractivity contribution in [2.45, 2.75) is 12.8 Å². The van der Waals surface area contributed by atoms with Gasteiger partial charge in [-0.1, -0.05) is 6.07 Å². The summed E-state index contributed by atoms with van der Waals surface area (Å²) < 4.78 is 0.668. The van der Waals surface area contributed by atoms with Crippen LogP contribution in [0.2, 0.25) is 0 Å². The lowest BCUT2D eigenvalue weighted by atomic mass is 9.97. The molecule has 0 bridgehead atoms. The van der Waals surface area contributed by atoms with Crippen molar-refractivity contribution in [2.24, 2.45) is 11.7 Å². The van der Waals surface area contributed by atoms with Crippen molar-refractivity contribution in [2.75, 3.05) is 23.7 Å². The van der Waals surface area contributed by atoms with E-state index in [1.54, 1.807) is 18.2 Å². The lowest BCUT2D eigenvalue weighted by molar-refractivity contribution is -0.122. The molecule has 1 aliphatic heterocycles. The average Bonchev–Trinajstić information content (AvgIpc) is 2.63. The molecule has 0 aliphatic carbocycles. The minimum absolute atomic E-state index is 0.159. The first-order valence-electron chi connectivity index (χ1n) is 7.92. The molecule has 0 spiro atoms. The van der Waals surface area contributed by atoms with Gasteiger partial charge in [-0.05, 0) is 47.0 Å². The van der Waals surface area contributed by atoms with E-state index < -0.39 is 0 Å². The Morgan fingerprint density at radius 3 is 2.88 bits per heavy atom. The van der Waals surface area contributed by atoms with Crippen LogP contribution in [0.4, 0.5) is 11.6 Å². The smallest absolute Gasteiger partial charge is 0.222 e. The van der Waals surface area contributed by atoms with Crippen molar-refractivity contribution < 1.29 is 9.59 Å². The number of hydrogen-bond donors (Lipinski definition) is 2. The van der Waals surface area contributed by atoms with Crippen LogP contribution in [-0.4, -0.2) is 34.7 Å². The number of primary amides is 1. The van der Waals surface area contributed by atoms with E-state index in [9.17, 15) is 9.59 Å². The highest BCUT2D eigenvalue weighted by Crippen LogP contribution is 2.23. The number of anilines is 2. The van der Waals surface area contributed by atoms with Gasteiger partial charge in [0.15, 0.2) is 0 Å². The molecule has 0 aromatic carbocycles. The highest BCUT2D eigenvalue weighted by atomic mass is 79.9. The van der Waals surface area contributed by atoms with Gasteiger partial charge in [-0.2, -0.15) is 0 Å². The van der Waals surface area contributed by atoms with Crippen LogP contribution in [0.5, 0.6) is 0 Å². The van der Waals surface area contributed by atoms with Gasteiger partial charge in [0.1, 0.15) is 17.3 Å². The number of amides is 1. The molecule has 1 fully saturated rings. The molecule has 1 saturated heterocycles. The summed E-state index contributed by atoms with van der Waals surface area (Å²) >= 11 is 3.29. The molecule has 1 atom stereocenters. The first-order valence-corrected chi connectivity index (χ1v) is 8.72. The summed E-state index contributed by atoms with van der Waals surface area (Å²) in [5, 5.41) is 0. The monoisotopic (exact) mass is 403 g/mol. The number of carbonyl (C=O) groups is 2. The third-order valence-electron chi connectivity index (χ3n) is 4.24. The van der Waals surface area contributed by atoms with E-state index in [-0.39, 0.29) is 29.1 Å². The SMILES string of the molecule is NC(=O)C1CCCN(c2cccc(C(=O)c3cc(Br)cnc3N)n2)C1. The van der Waals surface area contributed by atoms with Crippen molar-refractivity contribution in [3.05, 3.63) is 46.2 Å². The number of pyridine rings is 2. The van der Waals surface area contributed by atoms with Crippen LogP contribution in [0.15, 0.2) is 34.9 Å². The van der Waals surface area contributed by atoms with Crippen LogP contribution in [-0.2, 0) is 4.79 Å². The van der Waals surface area contributed by atoms with Gasteiger partial charge < -0.3 is 16.4 Å². The number of hydrogen-bond acceptors (Lipinski definition) is 6. The zero-order chi connectivity index (χ0) is 18.0. The van der Waals surface area contributed by atoms with Crippen molar-refractivity contribution in [1.82, 2.24) is 9.97 Å². The van der Waals surface area contributed by atoms with Gasteiger partial charge >= 0.3 is 0 Å². The third-order valence-corrected chi connectivity index (χ3v) is 4.68. The fraction of sp³-hybridized carbons (Fsp3) is 0.294. The number of halogens is 1. The number of piperidine rings is 1. The van der Waals surface area contributed by atoms with Gasteiger partial charge in [0.05, 0.1) is 11.5 Å². The van der Waals surface area contributed by atoms with Crippen molar-refractivity contribution in [3.8, 4) is 0 Å². The molecule has 1 unspecified atom stereocenters. The Hall–Kier alpha value is -2.48. The number of nitrogen functional groups attached to an aromatic ring is 1. The Labute approximate surface area is 153 Å². The molecule has 1 amide bonds. The predicted molar refractivity (Wildman–Crippen MR) is 98.2 cm³/mol. The topological polar surface area (TPSA) is 115 Å². The zero-order valence-corrected chi connectivity index (χ0v) is 15.1. The van der Waals surface area contributed by atoms with Crippen molar-refractivity contribution in [3.63, 3.8) is 0 Å². The zero-order valence-electron chi connectivity index (χ0n) is 13.5. The van der Waals surface area contributed by atoms with Gasteiger partial charge in [0.2, 0.25) is 11.7 Å². The summed E-state index contributed by atoms with van der Waals surface area (Å²) in [6.45, 7) is 1.29. The molecule has 2 aromatic heterocycles. The number of nitrogens with two attached hydrogens (primary N) is 2. The summed E-state index contributed by atoms with van der Waals surface area (Å²) in [7, 11) is 0. The largest absolute Gasteiger partial charge is 0.383 e. The fourth-order valence-electron chi connectivity index (χ4n) is 2.91. The average molecular weight is 404 g/mol. The quantitative estimate of drug-likeness (QED) is 0.751. The maximum absolute atomic E-state index is 12.7. The molecule has 1 aliphatic rings. The fourth-order valence-corrected chi connectivity index (χ4v) is 3.24. The summed E-state index contributed by atoms with van der Waals surface area (Å²) in [4.78, 5) is 34.6. The molecule has 25 heavy (non-hydrogen) atoms. The van der Waals surface area contributed by atoms with E-state index in [4.69, 9.17) is 11.5 Å². The molecular weight excluding hydrogens is 386 g/mol. The minimum atomic E-state index is -0.301. The van der Waals surface area contributed by atoms with Crippen LogP contribution in [0.3, 0.4) is 0 Å². The summed E-state index contributed by atoms with van der Waals surface area (Å²) in [5.41, 5.74) is 11.8. The van der Waals surface area contributed by atoms with E-state index in [2.05, 4.69) is 25.9 Å². The van der Waals surface area contributed by atoms with Gasteiger partial charge in [0, 0.05) is 23.8 Å². The molecule has 3 heterocycles. The minimum Gasteiger partial charge on any atom is -0.383 e. The lowest BCUT2D eigenvalue weighted by Crippen LogP contribution is -2.41. The van der Waals surface area contributed by atoms with Crippen LogP contribution in [0.25, 0.3) is 0 Å². The Kier molecular flexibility index (Phi) is 4.98. The first kappa shape index (κ1) is 17.3. The normalized spacial score (nSPS) is 17.3. The molecule has 0 radical (unpaired) electrons. The second kappa shape index (κ2) is 7.18. The maximum atomic E-state index is 12.7. The Bertz CT molecular complexity index is 826. The molecule has 2 aromatic rings. The molecule has 130 valence electrons. The van der Waals surface area contributed by atoms with Gasteiger partial charge in [-0.3, -0.25) is 9.59 Å². The Balaban J connectivity index is 1.87. The highest BCUT2D eigenvalue weighted by molar-refractivity contribution is 9.10. The maximum Gasteiger partial charge on any atom is 0.222 e. The summed E-state index contributed by atoms with van der Waals surface area (Å²) in [6, 6.07) is 6.86.